The number of amides is 4. The van der Waals surface area contributed by atoms with Crippen LogP contribution in [0.1, 0.15) is 27.2 Å². The third kappa shape index (κ3) is 3.85. The molecule has 23 heavy (non-hydrogen) atoms. The minimum Gasteiger partial charge on any atom is -0.325 e. The highest BCUT2D eigenvalue weighted by Gasteiger charge is 2.48. The Morgan fingerprint density at radius 1 is 1.30 bits per heavy atom. The van der Waals surface area contributed by atoms with Crippen LogP contribution in [0.5, 0.6) is 0 Å². The van der Waals surface area contributed by atoms with Gasteiger partial charge in [0.1, 0.15) is 17.9 Å². The first kappa shape index (κ1) is 16.9. The molecule has 6 nitrogen and oxygen atoms in total. The van der Waals surface area contributed by atoms with E-state index in [9.17, 15) is 18.8 Å². The van der Waals surface area contributed by atoms with E-state index in [4.69, 9.17) is 0 Å². The van der Waals surface area contributed by atoms with E-state index in [-0.39, 0.29) is 12.5 Å². The summed E-state index contributed by atoms with van der Waals surface area (Å²) in [5.74, 6) is -1.13. The Morgan fingerprint density at radius 2 is 1.91 bits per heavy atom. The summed E-state index contributed by atoms with van der Waals surface area (Å²) in [7, 11) is 0. The minimum absolute atomic E-state index is 0.220. The highest BCUT2D eigenvalue weighted by molar-refractivity contribution is 6.09. The number of nitrogens with one attached hydrogen (secondary N) is 2. The molecular weight excluding hydrogens is 301 g/mol. The van der Waals surface area contributed by atoms with E-state index >= 15 is 0 Å². The highest BCUT2D eigenvalue weighted by atomic mass is 19.1. The van der Waals surface area contributed by atoms with Gasteiger partial charge in [0.25, 0.3) is 5.91 Å². The molecule has 7 heteroatoms. The van der Waals surface area contributed by atoms with Gasteiger partial charge < -0.3 is 10.6 Å². The molecule has 124 valence electrons. The number of hydrogen-bond donors (Lipinski definition) is 2. The van der Waals surface area contributed by atoms with E-state index in [1.54, 1.807) is 6.92 Å². The van der Waals surface area contributed by atoms with Crippen molar-refractivity contribution >= 4 is 23.5 Å². The number of halogens is 1. The van der Waals surface area contributed by atoms with Crippen molar-refractivity contribution in [3.8, 4) is 0 Å². The van der Waals surface area contributed by atoms with Crippen LogP contribution in [0.3, 0.4) is 0 Å². The molecule has 2 N–H and O–H groups in total. The number of carbonyl (C=O) groups is 3. The van der Waals surface area contributed by atoms with Gasteiger partial charge in [-0.25, -0.2) is 9.18 Å². The van der Waals surface area contributed by atoms with Crippen molar-refractivity contribution in [2.45, 2.75) is 32.7 Å². The average molecular weight is 321 g/mol. The van der Waals surface area contributed by atoms with Crippen LogP contribution >= 0.6 is 0 Å². The maximum atomic E-state index is 12.8. The summed E-state index contributed by atoms with van der Waals surface area (Å²) in [5, 5.41) is 5.17. The third-order valence-electron chi connectivity index (χ3n) is 3.59. The molecular formula is C16H20FN3O3. The molecule has 0 bridgehead atoms. The molecule has 1 aliphatic heterocycles. The first-order valence-electron chi connectivity index (χ1n) is 7.41. The maximum Gasteiger partial charge on any atom is 0.325 e. The fraction of sp³-hybridized carbons (Fsp3) is 0.438. The molecule has 4 amide bonds. The Kier molecular flexibility index (Phi) is 4.68. The Morgan fingerprint density at radius 3 is 2.48 bits per heavy atom. The minimum atomic E-state index is -0.985. The summed E-state index contributed by atoms with van der Waals surface area (Å²) in [6.07, 6.45) is 0.494. The van der Waals surface area contributed by atoms with Crippen LogP contribution < -0.4 is 10.6 Å². The first-order chi connectivity index (χ1) is 10.7. The number of benzene rings is 1. The number of nitrogens with zero attached hydrogens (tertiary/aromatic N) is 1. The lowest BCUT2D eigenvalue weighted by molar-refractivity contribution is -0.133. The summed E-state index contributed by atoms with van der Waals surface area (Å²) < 4.78 is 12.8. The monoisotopic (exact) mass is 321 g/mol. The van der Waals surface area contributed by atoms with Crippen molar-refractivity contribution in [3.63, 3.8) is 0 Å². The van der Waals surface area contributed by atoms with Gasteiger partial charge in [0.15, 0.2) is 0 Å². The molecule has 1 saturated heterocycles. The van der Waals surface area contributed by atoms with Gasteiger partial charge >= 0.3 is 6.03 Å². The number of imide groups is 1. The van der Waals surface area contributed by atoms with Gasteiger partial charge in [0, 0.05) is 5.69 Å². The van der Waals surface area contributed by atoms with Gasteiger partial charge in [0.05, 0.1) is 0 Å². The quantitative estimate of drug-likeness (QED) is 0.815. The number of rotatable bonds is 5. The molecule has 0 aromatic heterocycles. The number of anilines is 1. The van der Waals surface area contributed by atoms with Crippen molar-refractivity contribution in [2.75, 3.05) is 11.9 Å². The van der Waals surface area contributed by atoms with Gasteiger partial charge in [-0.3, -0.25) is 14.5 Å². The zero-order valence-corrected chi connectivity index (χ0v) is 13.4. The Bertz CT molecular complexity index is 630. The second-order valence-corrected chi connectivity index (χ2v) is 6.31. The van der Waals surface area contributed by atoms with Crippen molar-refractivity contribution in [2.24, 2.45) is 5.92 Å². The van der Waals surface area contributed by atoms with E-state index in [0.717, 1.165) is 4.90 Å². The van der Waals surface area contributed by atoms with E-state index in [0.29, 0.717) is 12.1 Å². The molecule has 2 rings (SSSR count). The fourth-order valence-electron chi connectivity index (χ4n) is 2.72. The molecule has 0 aliphatic carbocycles. The topological polar surface area (TPSA) is 78.5 Å². The van der Waals surface area contributed by atoms with Crippen molar-refractivity contribution in [1.82, 2.24) is 10.2 Å². The third-order valence-corrected chi connectivity index (χ3v) is 3.59. The number of urea groups is 1. The zero-order chi connectivity index (χ0) is 17.2. The van der Waals surface area contributed by atoms with Crippen molar-refractivity contribution < 1.29 is 18.8 Å². The van der Waals surface area contributed by atoms with E-state index in [1.165, 1.54) is 24.3 Å². The second-order valence-electron chi connectivity index (χ2n) is 6.31. The standard InChI is InChI=1S/C16H20FN3O3/c1-10(2)8-16(3)14(22)20(15(23)19-16)9-13(21)18-12-6-4-11(17)5-7-12/h4-7,10H,8-9H2,1-3H3,(H,18,21)(H,19,23). The van der Waals surface area contributed by atoms with Gasteiger partial charge in [-0.15, -0.1) is 0 Å². The Labute approximate surface area is 134 Å². The smallest absolute Gasteiger partial charge is 0.325 e. The Balaban J connectivity index is 2.02. The molecule has 0 spiro atoms. The SMILES string of the molecule is CC(C)CC1(C)NC(=O)N(CC(=O)Nc2ccc(F)cc2)C1=O. The first-order valence-corrected chi connectivity index (χ1v) is 7.41. The fourth-order valence-corrected chi connectivity index (χ4v) is 2.72. The molecule has 1 atom stereocenters. The van der Waals surface area contributed by atoms with Gasteiger partial charge in [-0.1, -0.05) is 13.8 Å². The molecule has 1 aromatic rings. The predicted molar refractivity (Wildman–Crippen MR) is 83.1 cm³/mol. The Hall–Kier alpha value is -2.44. The summed E-state index contributed by atoms with van der Waals surface area (Å²) in [6.45, 7) is 5.18. The molecule has 1 aliphatic rings. The predicted octanol–water partition coefficient (Wildman–Crippen LogP) is 2.12. The van der Waals surface area contributed by atoms with Crippen LogP contribution in [-0.2, 0) is 9.59 Å². The van der Waals surface area contributed by atoms with E-state index in [1.807, 2.05) is 13.8 Å². The second kappa shape index (κ2) is 6.36. The van der Waals surface area contributed by atoms with Crippen LogP contribution in [0.15, 0.2) is 24.3 Å². The lowest BCUT2D eigenvalue weighted by Crippen LogP contribution is -2.45. The molecule has 0 radical (unpaired) electrons. The zero-order valence-electron chi connectivity index (χ0n) is 13.4. The molecule has 1 aromatic carbocycles. The van der Waals surface area contributed by atoms with Crippen LogP contribution in [0.4, 0.5) is 14.9 Å². The van der Waals surface area contributed by atoms with Crippen molar-refractivity contribution in [1.29, 1.82) is 0 Å². The average Bonchev–Trinajstić information content (AvgIpc) is 2.64. The lowest BCUT2D eigenvalue weighted by atomic mass is 9.91. The van der Waals surface area contributed by atoms with E-state index in [2.05, 4.69) is 10.6 Å². The van der Waals surface area contributed by atoms with Gasteiger partial charge in [0.2, 0.25) is 5.91 Å². The van der Waals surface area contributed by atoms with Crippen LogP contribution in [-0.4, -0.2) is 34.8 Å². The highest BCUT2D eigenvalue weighted by Crippen LogP contribution is 2.24. The summed E-state index contributed by atoms with van der Waals surface area (Å²) in [4.78, 5) is 37.3. The normalized spacial score (nSPS) is 20.8. The summed E-state index contributed by atoms with van der Waals surface area (Å²) in [5.41, 5.74) is -0.588. The van der Waals surface area contributed by atoms with Crippen LogP contribution in [0.2, 0.25) is 0 Å². The maximum absolute atomic E-state index is 12.8. The van der Waals surface area contributed by atoms with Gasteiger partial charge in [-0.2, -0.15) is 0 Å². The lowest BCUT2D eigenvalue weighted by Gasteiger charge is -2.23. The summed E-state index contributed by atoms with van der Waals surface area (Å²) in [6, 6.07) is 4.66. The summed E-state index contributed by atoms with van der Waals surface area (Å²) >= 11 is 0. The largest absolute Gasteiger partial charge is 0.325 e. The van der Waals surface area contributed by atoms with Crippen LogP contribution in [0.25, 0.3) is 0 Å². The molecule has 1 heterocycles. The van der Waals surface area contributed by atoms with Crippen molar-refractivity contribution in [3.05, 3.63) is 30.1 Å². The molecule has 1 fully saturated rings. The number of carbonyl (C=O) groups excluding carboxylic acids is 3. The van der Waals surface area contributed by atoms with Crippen LogP contribution in [0, 0.1) is 11.7 Å². The van der Waals surface area contributed by atoms with E-state index < -0.39 is 29.2 Å². The molecule has 1 unspecified atom stereocenters. The molecule has 0 saturated carbocycles. The van der Waals surface area contributed by atoms with Gasteiger partial charge in [-0.05, 0) is 43.5 Å². The number of hydrogen-bond acceptors (Lipinski definition) is 3.